The molecular weight excluding hydrogens is 190 g/mol. The van der Waals surface area contributed by atoms with Gasteiger partial charge in [-0.2, -0.15) is 5.10 Å². The molecule has 0 saturated heterocycles. The standard InChI is InChI=1S/C11H19N3O/c1-8-10(12)9(2)14(13-8)7-6-11(15)4-3-5-11/h15H,3-7,12H2,1-2H3. The van der Waals surface area contributed by atoms with Gasteiger partial charge >= 0.3 is 0 Å². The van der Waals surface area contributed by atoms with Crippen LogP contribution in [0, 0.1) is 13.8 Å². The highest BCUT2D eigenvalue weighted by Crippen LogP contribution is 2.35. The first-order valence-electron chi connectivity index (χ1n) is 5.54. The first-order chi connectivity index (χ1) is 7.02. The zero-order valence-corrected chi connectivity index (χ0v) is 9.45. The molecule has 4 heteroatoms. The van der Waals surface area contributed by atoms with E-state index >= 15 is 0 Å². The van der Waals surface area contributed by atoms with Crippen LogP contribution in [-0.4, -0.2) is 20.5 Å². The Hall–Kier alpha value is -1.03. The summed E-state index contributed by atoms with van der Waals surface area (Å²) in [6.07, 6.45) is 3.80. The largest absolute Gasteiger partial charge is 0.396 e. The molecule has 0 atom stereocenters. The number of nitrogens with zero attached hydrogens (tertiary/aromatic N) is 2. The molecule has 0 spiro atoms. The number of hydrogen-bond donors (Lipinski definition) is 2. The van der Waals surface area contributed by atoms with E-state index in [1.807, 2.05) is 18.5 Å². The van der Waals surface area contributed by atoms with Crippen molar-refractivity contribution >= 4 is 5.69 Å². The van der Waals surface area contributed by atoms with Crippen LogP contribution in [0.15, 0.2) is 0 Å². The van der Waals surface area contributed by atoms with Crippen LogP contribution in [-0.2, 0) is 6.54 Å². The van der Waals surface area contributed by atoms with Gasteiger partial charge in [-0.15, -0.1) is 0 Å². The molecule has 0 radical (unpaired) electrons. The van der Waals surface area contributed by atoms with E-state index < -0.39 is 5.60 Å². The minimum absolute atomic E-state index is 0.430. The summed E-state index contributed by atoms with van der Waals surface area (Å²) in [5.41, 5.74) is 8.08. The number of anilines is 1. The number of aryl methyl sites for hydroxylation is 2. The van der Waals surface area contributed by atoms with Gasteiger partial charge in [-0.1, -0.05) is 0 Å². The van der Waals surface area contributed by atoms with Crippen molar-refractivity contribution < 1.29 is 5.11 Å². The molecule has 3 N–H and O–H groups in total. The van der Waals surface area contributed by atoms with Gasteiger partial charge in [0.15, 0.2) is 0 Å². The summed E-state index contributed by atoms with van der Waals surface area (Å²) in [6.45, 7) is 4.65. The quantitative estimate of drug-likeness (QED) is 0.790. The fraction of sp³-hybridized carbons (Fsp3) is 0.727. The highest BCUT2D eigenvalue weighted by atomic mass is 16.3. The maximum atomic E-state index is 9.97. The first-order valence-corrected chi connectivity index (χ1v) is 5.54. The van der Waals surface area contributed by atoms with E-state index in [1.54, 1.807) is 0 Å². The van der Waals surface area contributed by atoms with E-state index in [0.717, 1.165) is 49.3 Å². The van der Waals surface area contributed by atoms with Crippen molar-refractivity contribution in [1.29, 1.82) is 0 Å². The van der Waals surface area contributed by atoms with Crippen LogP contribution < -0.4 is 5.73 Å². The maximum Gasteiger partial charge on any atom is 0.0825 e. The highest BCUT2D eigenvalue weighted by molar-refractivity contribution is 5.46. The van der Waals surface area contributed by atoms with Gasteiger partial charge in [-0.05, 0) is 39.5 Å². The number of aliphatic hydroxyl groups is 1. The molecule has 1 aliphatic carbocycles. The zero-order valence-electron chi connectivity index (χ0n) is 9.45. The summed E-state index contributed by atoms with van der Waals surface area (Å²) in [4.78, 5) is 0. The first kappa shape index (κ1) is 10.5. The molecular formula is C11H19N3O. The van der Waals surface area contributed by atoms with Crippen LogP contribution >= 0.6 is 0 Å². The van der Waals surface area contributed by atoms with E-state index in [0.29, 0.717) is 0 Å². The van der Waals surface area contributed by atoms with Crippen LogP contribution in [0.5, 0.6) is 0 Å². The van der Waals surface area contributed by atoms with Gasteiger partial charge in [0.2, 0.25) is 0 Å². The van der Waals surface area contributed by atoms with Crippen molar-refractivity contribution in [2.75, 3.05) is 5.73 Å². The van der Waals surface area contributed by atoms with Gasteiger partial charge in [0, 0.05) is 6.54 Å². The van der Waals surface area contributed by atoms with E-state index in [-0.39, 0.29) is 0 Å². The number of rotatable bonds is 3. The molecule has 84 valence electrons. The van der Waals surface area contributed by atoms with Crippen LogP contribution in [0.25, 0.3) is 0 Å². The molecule has 0 unspecified atom stereocenters. The third kappa shape index (κ3) is 1.86. The lowest BCUT2D eigenvalue weighted by Gasteiger charge is -2.36. The summed E-state index contributed by atoms with van der Waals surface area (Å²) < 4.78 is 1.90. The summed E-state index contributed by atoms with van der Waals surface area (Å²) in [6, 6.07) is 0. The molecule has 1 aliphatic rings. The Morgan fingerprint density at radius 1 is 1.47 bits per heavy atom. The maximum absolute atomic E-state index is 9.97. The monoisotopic (exact) mass is 209 g/mol. The minimum Gasteiger partial charge on any atom is -0.396 e. The zero-order chi connectivity index (χ0) is 11.1. The molecule has 0 aromatic carbocycles. The normalized spacial score (nSPS) is 18.9. The third-order valence-electron chi connectivity index (χ3n) is 3.51. The Balaban J connectivity index is 2.01. The van der Waals surface area contributed by atoms with Gasteiger partial charge in [0.1, 0.15) is 0 Å². The smallest absolute Gasteiger partial charge is 0.0825 e. The molecule has 15 heavy (non-hydrogen) atoms. The molecule has 0 amide bonds. The van der Waals surface area contributed by atoms with Crippen molar-refractivity contribution in [3.63, 3.8) is 0 Å². The SMILES string of the molecule is Cc1nn(CCC2(O)CCC2)c(C)c1N. The number of aromatic nitrogens is 2. The van der Waals surface area contributed by atoms with Gasteiger partial charge < -0.3 is 10.8 Å². The molecule has 1 fully saturated rings. The lowest BCUT2D eigenvalue weighted by Crippen LogP contribution is -2.37. The van der Waals surface area contributed by atoms with Crippen molar-refractivity contribution in [3.8, 4) is 0 Å². The summed E-state index contributed by atoms with van der Waals surface area (Å²) in [5, 5.41) is 14.3. The molecule has 1 saturated carbocycles. The number of nitrogen functional groups attached to an aromatic ring is 1. The lowest BCUT2D eigenvalue weighted by atomic mass is 9.78. The average Bonchev–Trinajstić information content (AvgIpc) is 2.40. The molecule has 1 aromatic rings. The average molecular weight is 209 g/mol. The molecule has 4 nitrogen and oxygen atoms in total. The Morgan fingerprint density at radius 2 is 2.13 bits per heavy atom. The second kappa shape index (κ2) is 3.52. The second-order valence-corrected chi connectivity index (χ2v) is 4.64. The lowest BCUT2D eigenvalue weighted by molar-refractivity contribution is -0.0439. The van der Waals surface area contributed by atoms with E-state index in [9.17, 15) is 5.11 Å². The van der Waals surface area contributed by atoms with Gasteiger partial charge in [-0.25, -0.2) is 0 Å². The number of hydrogen-bond acceptors (Lipinski definition) is 3. The van der Waals surface area contributed by atoms with Crippen LogP contribution in [0.2, 0.25) is 0 Å². The van der Waals surface area contributed by atoms with Gasteiger partial charge in [-0.3, -0.25) is 4.68 Å². The van der Waals surface area contributed by atoms with Crippen molar-refractivity contribution in [3.05, 3.63) is 11.4 Å². The minimum atomic E-state index is -0.430. The van der Waals surface area contributed by atoms with E-state index in [4.69, 9.17) is 5.73 Å². The topological polar surface area (TPSA) is 64.1 Å². The van der Waals surface area contributed by atoms with Crippen LogP contribution in [0.4, 0.5) is 5.69 Å². The predicted octanol–water partition coefficient (Wildman–Crippen LogP) is 1.39. The van der Waals surface area contributed by atoms with Crippen molar-refractivity contribution in [2.24, 2.45) is 0 Å². The Labute approximate surface area is 90.1 Å². The fourth-order valence-electron chi connectivity index (χ4n) is 2.08. The number of nitrogens with two attached hydrogens (primary N) is 1. The van der Waals surface area contributed by atoms with E-state index in [2.05, 4.69) is 5.10 Å². The third-order valence-corrected chi connectivity index (χ3v) is 3.51. The molecule has 2 rings (SSSR count). The summed E-state index contributed by atoms with van der Waals surface area (Å²) >= 11 is 0. The van der Waals surface area contributed by atoms with Crippen molar-refractivity contribution in [1.82, 2.24) is 9.78 Å². The Morgan fingerprint density at radius 3 is 2.53 bits per heavy atom. The van der Waals surface area contributed by atoms with Crippen molar-refractivity contribution in [2.45, 2.75) is 51.7 Å². The predicted molar refractivity (Wildman–Crippen MR) is 59.5 cm³/mol. The molecule has 1 aromatic heterocycles. The molecule has 0 bridgehead atoms. The van der Waals surface area contributed by atoms with Gasteiger partial charge in [0.05, 0.1) is 22.7 Å². The fourth-order valence-corrected chi connectivity index (χ4v) is 2.08. The van der Waals surface area contributed by atoms with Crippen LogP contribution in [0.1, 0.15) is 37.1 Å². The van der Waals surface area contributed by atoms with E-state index in [1.165, 1.54) is 0 Å². The molecule has 1 heterocycles. The molecule has 0 aliphatic heterocycles. The second-order valence-electron chi connectivity index (χ2n) is 4.64. The van der Waals surface area contributed by atoms with Gasteiger partial charge in [0.25, 0.3) is 0 Å². The Kier molecular flexibility index (Phi) is 2.46. The highest BCUT2D eigenvalue weighted by Gasteiger charge is 2.33. The summed E-state index contributed by atoms with van der Waals surface area (Å²) in [7, 11) is 0. The van der Waals surface area contributed by atoms with Crippen LogP contribution in [0.3, 0.4) is 0 Å². The summed E-state index contributed by atoms with van der Waals surface area (Å²) in [5.74, 6) is 0. The Bertz CT molecular complexity index is 366.